The summed E-state index contributed by atoms with van der Waals surface area (Å²) < 4.78 is 0. The fourth-order valence-corrected chi connectivity index (χ4v) is 3.30. The van der Waals surface area contributed by atoms with E-state index < -0.39 is 5.41 Å². The van der Waals surface area contributed by atoms with E-state index in [9.17, 15) is 4.79 Å². The quantitative estimate of drug-likeness (QED) is 0.665. The Balaban J connectivity index is 1.72. The van der Waals surface area contributed by atoms with Crippen molar-refractivity contribution in [3.63, 3.8) is 0 Å². The zero-order chi connectivity index (χ0) is 17.0. The molecule has 0 aromatic heterocycles. The van der Waals surface area contributed by atoms with Gasteiger partial charge in [0.2, 0.25) is 0 Å². The molecule has 1 nitrogen and oxygen atoms in total. The second kappa shape index (κ2) is 7.00. The van der Waals surface area contributed by atoms with E-state index in [-0.39, 0.29) is 5.78 Å². The predicted octanol–water partition coefficient (Wildman–Crippen LogP) is 5.51. The molecule has 0 N–H and O–H groups in total. The van der Waals surface area contributed by atoms with Crippen LogP contribution in [0.25, 0.3) is 6.08 Å². The monoisotopic (exact) mass is 316 g/mol. The summed E-state index contributed by atoms with van der Waals surface area (Å²) in [5.74, 6) is 0.202. The van der Waals surface area contributed by atoms with Crippen molar-refractivity contribution >= 4 is 11.9 Å². The minimum absolute atomic E-state index is 0.202. The van der Waals surface area contributed by atoms with E-state index in [0.717, 1.165) is 30.4 Å². The summed E-state index contributed by atoms with van der Waals surface area (Å²) in [5, 5.41) is 0. The summed E-state index contributed by atoms with van der Waals surface area (Å²) in [6.45, 7) is 4.24. The molecule has 0 fully saturated rings. The van der Waals surface area contributed by atoms with Crippen molar-refractivity contribution in [3.05, 3.63) is 89.0 Å². The number of aryl methyl sites for hydroxylation is 1. The van der Waals surface area contributed by atoms with Gasteiger partial charge in [0, 0.05) is 0 Å². The van der Waals surface area contributed by atoms with Crippen LogP contribution in [-0.2, 0) is 16.6 Å². The fourth-order valence-electron chi connectivity index (χ4n) is 3.30. The van der Waals surface area contributed by atoms with Gasteiger partial charge in [0.15, 0.2) is 5.78 Å². The van der Waals surface area contributed by atoms with Crippen LogP contribution < -0.4 is 0 Å². The Bertz CT molecular complexity index is 783. The van der Waals surface area contributed by atoms with Crippen molar-refractivity contribution in [1.82, 2.24) is 0 Å². The molecule has 1 aliphatic rings. The summed E-state index contributed by atoms with van der Waals surface area (Å²) in [7, 11) is 0. The first-order valence-corrected chi connectivity index (χ1v) is 8.61. The highest BCUT2D eigenvalue weighted by Gasteiger charge is 2.35. The smallest absolute Gasteiger partial charge is 0.166 e. The molecule has 0 bridgehead atoms. The Hall–Kier alpha value is -2.41. The van der Waals surface area contributed by atoms with Crippen molar-refractivity contribution in [2.75, 3.05) is 0 Å². The van der Waals surface area contributed by atoms with Gasteiger partial charge in [-0.05, 0) is 55.9 Å². The zero-order valence-electron chi connectivity index (χ0n) is 14.5. The highest BCUT2D eigenvalue weighted by Crippen LogP contribution is 2.36. The van der Waals surface area contributed by atoms with Gasteiger partial charge in [-0.15, -0.1) is 0 Å². The third-order valence-corrected chi connectivity index (χ3v) is 5.02. The molecule has 0 amide bonds. The molecule has 122 valence electrons. The molecule has 1 heteroatoms. The van der Waals surface area contributed by atoms with Gasteiger partial charge in [-0.3, -0.25) is 4.79 Å². The van der Waals surface area contributed by atoms with Crippen LogP contribution in [0.5, 0.6) is 0 Å². The molecule has 0 aliphatic heterocycles. The molecular formula is C23H24O. The maximum atomic E-state index is 12.6. The summed E-state index contributed by atoms with van der Waals surface area (Å²) >= 11 is 0. The molecule has 3 rings (SSSR count). The van der Waals surface area contributed by atoms with E-state index >= 15 is 0 Å². The van der Waals surface area contributed by atoms with Crippen LogP contribution in [0.2, 0.25) is 0 Å². The Morgan fingerprint density at radius 2 is 1.71 bits per heavy atom. The van der Waals surface area contributed by atoms with E-state index in [4.69, 9.17) is 0 Å². The molecule has 0 saturated carbocycles. The average molecular weight is 316 g/mol. The lowest BCUT2D eigenvalue weighted by Crippen LogP contribution is -2.33. The van der Waals surface area contributed by atoms with Crippen molar-refractivity contribution in [2.24, 2.45) is 0 Å². The number of fused-ring (bicyclic) bond motifs is 1. The number of carbonyl (C=O) groups excluding carboxylic acids is 1. The number of hydrogen-bond acceptors (Lipinski definition) is 1. The van der Waals surface area contributed by atoms with Crippen LogP contribution in [0, 0.1) is 0 Å². The van der Waals surface area contributed by atoms with E-state index in [1.807, 2.05) is 24.3 Å². The van der Waals surface area contributed by atoms with Crippen LogP contribution in [-0.4, -0.2) is 5.78 Å². The number of benzene rings is 2. The lowest BCUT2D eigenvalue weighted by molar-refractivity contribution is -0.119. The third kappa shape index (κ3) is 3.41. The van der Waals surface area contributed by atoms with E-state index in [1.165, 1.54) is 11.1 Å². The van der Waals surface area contributed by atoms with Crippen LogP contribution in [0.4, 0.5) is 0 Å². The third-order valence-electron chi connectivity index (χ3n) is 5.02. The second-order valence-electron chi connectivity index (χ2n) is 6.86. The van der Waals surface area contributed by atoms with Crippen LogP contribution in [0.15, 0.2) is 72.3 Å². The van der Waals surface area contributed by atoms with Gasteiger partial charge in [0.1, 0.15) is 0 Å². The van der Waals surface area contributed by atoms with Gasteiger partial charge in [-0.2, -0.15) is 0 Å². The number of allylic oxidation sites excluding steroid dienone is 3. The van der Waals surface area contributed by atoms with Gasteiger partial charge in [-0.25, -0.2) is 0 Å². The Morgan fingerprint density at radius 3 is 2.50 bits per heavy atom. The molecule has 2 aromatic rings. The maximum absolute atomic E-state index is 12.6. The van der Waals surface area contributed by atoms with Gasteiger partial charge in [0.25, 0.3) is 0 Å². The van der Waals surface area contributed by atoms with Gasteiger partial charge >= 0.3 is 0 Å². The molecule has 1 unspecified atom stereocenters. The van der Waals surface area contributed by atoms with Crippen LogP contribution in [0.3, 0.4) is 0 Å². The Morgan fingerprint density at radius 1 is 1.00 bits per heavy atom. The lowest BCUT2D eigenvalue weighted by Gasteiger charge is -2.31. The average Bonchev–Trinajstić information content (AvgIpc) is 2.63. The molecular weight excluding hydrogens is 292 g/mol. The summed E-state index contributed by atoms with van der Waals surface area (Å²) in [5.41, 5.74) is 4.57. The molecule has 2 aromatic carbocycles. The van der Waals surface area contributed by atoms with E-state index in [0.29, 0.717) is 0 Å². The first-order chi connectivity index (χ1) is 11.6. The van der Waals surface area contributed by atoms with Crippen LogP contribution in [0.1, 0.15) is 43.4 Å². The van der Waals surface area contributed by atoms with Crippen molar-refractivity contribution in [2.45, 2.75) is 38.5 Å². The van der Waals surface area contributed by atoms with Crippen LogP contribution >= 0.6 is 0 Å². The molecule has 0 spiro atoms. The highest BCUT2D eigenvalue weighted by molar-refractivity contribution is 6.04. The topological polar surface area (TPSA) is 17.1 Å². The molecule has 0 radical (unpaired) electrons. The van der Waals surface area contributed by atoms with Crippen molar-refractivity contribution in [3.8, 4) is 0 Å². The van der Waals surface area contributed by atoms with E-state index in [2.05, 4.69) is 56.3 Å². The van der Waals surface area contributed by atoms with Gasteiger partial charge in [-0.1, -0.05) is 72.3 Å². The van der Waals surface area contributed by atoms with Crippen molar-refractivity contribution in [1.29, 1.82) is 0 Å². The second-order valence-corrected chi connectivity index (χ2v) is 6.86. The minimum Gasteiger partial charge on any atom is -0.294 e. The zero-order valence-corrected chi connectivity index (χ0v) is 14.5. The normalized spacial score (nSPS) is 20.1. The minimum atomic E-state index is -0.445. The summed E-state index contributed by atoms with van der Waals surface area (Å²) in [4.78, 5) is 12.6. The first-order valence-electron chi connectivity index (χ1n) is 8.61. The highest BCUT2D eigenvalue weighted by atomic mass is 16.1. The fraction of sp³-hybridized carbons (Fsp3) is 0.261. The standard InChI is InChI=1S/C23H24O/c1-18(12-13-19-8-4-3-5-9-19)16-17-23(2)21-11-7-6-10-20(21)14-15-22(23)24/h3-11,14-16H,12-13,17H2,1-2H3/b18-16-. The molecule has 0 saturated heterocycles. The first kappa shape index (κ1) is 16.4. The number of ketones is 1. The van der Waals surface area contributed by atoms with Gasteiger partial charge in [0.05, 0.1) is 5.41 Å². The summed E-state index contributed by atoms with van der Waals surface area (Å²) in [6, 6.07) is 18.8. The molecule has 24 heavy (non-hydrogen) atoms. The lowest BCUT2D eigenvalue weighted by atomic mass is 9.71. The Labute approximate surface area is 144 Å². The number of carbonyl (C=O) groups is 1. The Kier molecular flexibility index (Phi) is 4.80. The maximum Gasteiger partial charge on any atom is 0.166 e. The van der Waals surface area contributed by atoms with Crippen molar-refractivity contribution < 1.29 is 4.79 Å². The molecule has 0 heterocycles. The SMILES string of the molecule is C/C(=C/CC1(C)C(=O)C=Cc2ccccc21)CCc1ccccc1. The molecule has 1 aliphatic carbocycles. The van der Waals surface area contributed by atoms with Gasteiger partial charge < -0.3 is 0 Å². The summed E-state index contributed by atoms with van der Waals surface area (Å²) in [6.07, 6.45) is 8.75. The molecule has 1 atom stereocenters. The largest absolute Gasteiger partial charge is 0.294 e. The van der Waals surface area contributed by atoms with E-state index in [1.54, 1.807) is 6.08 Å². The number of rotatable bonds is 5. The predicted molar refractivity (Wildman–Crippen MR) is 101 cm³/mol. The number of hydrogen-bond donors (Lipinski definition) is 0.